The third-order valence-electron chi connectivity index (χ3n) is 2.24. The molecule has 0 aliphatic carbocycles. The molecular formula is C11H14BrNO2. The summed E-state index contributed by atoms with van der Waals surface area (Å²) in [4.78, 5) is 11.0. The molecule has 0 aliphatic rings. The molecule has 0 radical (unpaired) electrons. The van der Waals surface area contributed by atoms with Gasteiger partial charge in [0.15, 0.2) is 0 Å². The average molecular weight is 272 g/mol. The van der Waals surface area contributed by atoms with Gasteiger partial charge in [0, 0.05) is 10.5 Å². The highest BCUT2D eigenvalue weighted by atomic mass is 79.9. The zero-order valence-electron chi connectivity index (χ0n) is 8.79. The van der Waals surface area contributed by atoms with Crippen molar-refractivity contribution in [1.82, 2.24) is 0 Å². The highest BCUT2D eigenvalue weighted by molar-refractivity contribution is 9.10. The minimum absolute atomic E-state index is 0.200. The number of aryl methyl sites for hydroxylation is 1. The molecule has 15 heavy (non-hydrogen) atoms. The van der Waals surface area contributed by atoms with Crippen molar-refractivity contribution in [3.63, 3.8) is 0 Å². The van der Waals surface area contributed by atoms with Crippen LogP contribution >= 0.6 is 15.9 Å². The Hall–Kier alpha value is -0.870. The molecule has 1 aromatic carbocycles. The first-order chi connectivity index (χ1) is 7.04. The van der Waals surface area contributed by atoms with Crippen molar-refractivity contribution in [3.05, 3.63) is 33.8 Å². The Morgan fingerprint density at radius 3 is 2.80 bits per heavy atom. The summed E-state index contributed by atoms with van der Waals surface area (Å²) < 4.78 is 5.57. The number of carbonyl (C=O) groups excluding carboxylic acids is 1. The lowest BCUT2D eigenvalue weighted by Gasteiger charge is -2.11. The van der Waals surface area contributed by atoms with Gasteiger partial charge in [0.1, 0.15) is 0 Å². The molecule has 1 aromatic rings. The quantitative estimate of drug-likeness (QED) is 0.859. The maximum Gasteiger partial charge on any atom is 0.307 e. The Labute approximate surface area is 97.7 Å². The van der Waals surface area contributed by atoms with Gasteiger partial charge in [0.2, 0.25) is 0 Å². The smallest absolute Gasteiger partial charge is 0.307 e. The van der Waals surface area contributed by atoms with Crippen LogP contribution in [0.3, 0.4) is 0 Å². The minimum Gasteiger partial charge on any atom is -0.469 e. The van der Waals surface area contributed by atoms with Crippen molar-refractivity contribution < 1.29 is 9.53 Å². The number of esters is 1. The average Bonchev–Trinajstić information content (AvgIpc) is 2.21. The molecule has 82 valence electrons. The van der Waals surface area contributed by atoms with Crippen LogP contribution in [0.15, 0.2) is 22.7 Å². The number of hydrogen-bond acceptors (Lipinski definition) is 3. The first-order valence-electron chi connectivity index (χ1n) is 4.63. The lowest BCUT2D eigenvalue weighted by atomic mass is 10.0. The fourth-order valence-electron chi connectivity index (χ4n) is 1.22. The fourth-order valence-corrected chi connectivity index (χ4v) is 1.62. The number of halogens is 1. The second kappa shape index (κ2) is 5.28. The van der Waals surface area contributed by atoms with E-state index in [0.717, 1.165) is 15.6 Å². The third-order valence-corrected chi connectivity index (χ3v) is 3.09. The van der Waals surface area contributed by atoms with E-state index in [1.54, 1.807) is 0 Å². The van der Waals surface area contributed by atoms with Gasteiger partial charge in [0.05, 0.1) is 13.5 Å². The summed E-state index contributed by atoms with van der Waals surface area (Å²) >= 11 is 3.43. The monoisotopic (exact) mass is 271 g/mol. The van der Waals surface area contributed by atoms with Gasteiger partial charge in [-0.1, -0.05) is 28.1 Å². The summed E-state index contributed by atoms with van der Waals surface area (Å²) in [5, 5.41) is 0. The topological polar surface area (TPSA) is 52.3 Å². The predicted molar refractivity (Wildman–Crippen MR) is 62.4 cm³/mol. The molecule has 1 atom stereocenters. The molecule has 1 rings (SSSR count). The molecule has 0 saturated carbocycles. The van der Waals surface area contributed by atoms with E-state index in [9.17, 15) is 4.79 Å². The number of methoxy groups -OCH3 is 1. The van der Waals surface area contributed by atoms with Crippen molar-refractivity contribution in [2.24, 2.45) is 5.73 Å². The van der Waals surface area contributed by atoms with Crippen LogP contribution in [0.5, 0.6) is 0 Å². The van der Waals surface area contributed by atoms with E-state index in [2.05, 4.69) is 20.7 Å². The third kappa shape index (κ3) is 3.32. The maximum absolute atomic E-state index is 11.0. The van der Waals surface area contributed by atoms with Gasteiger partial charge in [-0.3, -0.25) is 4.79 Å². The summed E-state index contributed by atoms with van der Waals surface area (Å²) in [7, 11) is 1.36. The molecular weight excluding hydrogens is 258 g/mol. The molecule has 0 aliphatic heterocycles. The number of nitrogens with two attached hydrogens (primary N) is 1. The van der Waals surface area contributed by atoms with Crippen LogP contribution in [0.2, 0.25) is 0 Å². The Morgan fingerprint density at radius 2 is 2.27 bits per heavy atom. The van der Waals surface area contributed by atoms with Crippen molar-refractivity contribution in [3.8, 4) is 0 Å². The largest absolute Gasteiger partial charge is 0.469 e. The molecule has 0 bridgehead atoms. The van der Waals surface area contributed by atoms with Crippen LogP contribution in [0.25, 0.3) is 0 Å². The van der Waals surface area contributed by atoms with Gasteiger partial charge in [0.25, 0.3) is 0 Å². The predicted octanol–water partition coefficient (Wildman–Crippen LogP) is 2.32. The van der Waals surface area contributed by atoms with Gasteiger partial charge in [-0.2, -0.15) is 0 Å². The lowest BCUT2D eigenvalue weighted by Crippen LogP contribution is -2.16. The molecule has 3 nitrogen and oxygen atoms in total. The summed E-state index contributed by atoms with van der Waals surface area (Å²) in [6, 6.07) is 5.52. The summed E-state index contributed by atoms with van der Waals surface area (Å²) in [5.74, 6) is -0.292. The first kappa shape index (κ1) is 12.2. The van der Waals surface area contributed by atoms with E-state index in [1.165, 1.54) is 7.11 Å². The SMILES string of the molecule is COC(=O)CC(N)c1ccc(C)c(Br)c1. The Morgan fingerprint density at radius 1 is 1.60 bits per heavy atom. The molecule has 0 fully saturated rings. The highest BCUT2D eigenvalue weighted by Gasteiger charge is 2.12. The molecule has 0 aromatic heterocycles. The first-order valence-corrected chi connectivity index (χ1v) is 5.42. The van der Waals surface area contributed by atoms with Crippen LogP contribution < -0.4 is 5.73 Å². The van der Waals surface area contributed by atoms with Crippen molar-refractivity contribution in [2.75, 3.05) is 7.11 Å². The van der Waals surface area contributed by atoms with Gasteiger partial charge >= 0.3 is 5.97 Å². The Kier molecular flexibility index (Phi) is 4.29. The number of rotatable bonds is 3. The van der Waals surface area contributed by atoms with E-state index in [1.807, 2.05) is 25.1 Å². The van der Waals surface area contributed by atoms with E-state index in [0.29, 0.717) is 0 Å². The Balaban J connectivity index is 2.78. The van der Waals surface area contributed by atoms with Crippen LogP contribution in [0.4, 0.5) is 0 Å². The number of ether oxygens (including phenoxy) is 1. The molecule has 0 heterocycles. The lowest BCUT2D eigenvalue weighted by molar-refractivity contribution is -0.141. The number of carbonyl (C=O) groups is 1. The van der Waals surface area contributed by atoms with E-state index < -0.39 is 0 Å². The molecule has 4 heteroatoms. The fraction of sp³-hybridized carbons (Fsp3) is 0.364. The van der Waals surface area contributed by atoms with Crippen molar-refractivity contribution >= 4 is 21.9 Å². The normalized spacial score (nSPS) is 12.3. The second-order valence-corrected chi connectivity index (χ2v) is 4.25. The van der Waals surface area contributed by atoms with E-state index >= 15 is 0 Å². The molecule has 2 N–H and O–H groups in total. The van der Waals surface area contributed by atoms with Gasteiger partial charge in [-0.15, -0.1) is 0 Å². The van der Waals surface area contributed by atoms with E-state index in [4.69, 9.17) is 5.73 Å². The zero-order valence-corrected chi connectivity index (χ0v) is 10.4. The zero-order chi connectivity index (χ0) is 11.4. The molecule has 0 saturated heterocycles. The van der Waals surface area contributed by atoms with Crippen LogP contribution in [-0.4, -0.2) is 13.1 Å². The summed E-state index contributed by atoms with van der Waals surface area (Å²) in [5.41, 5.74) is 7.94. The van der Waals surface area contributed by atoms with Crippen molar-refractivity contribution in [1.29, 1.82) is 0 Å². The molecule has 1 unspecified atom stereocenters. The van der Waals surface area contributed by atoms with Crippen molar-refractivity contribution in [2.45, 2.75) is 19.4 Å². The summed E-state index contributed by atoms with van der Waals surface area (Å²) in [6.45, 7) is 2.00. The van der Waals surface area contributed by atoms with Gasteiger partial charge in [-0.05, 0) is 24.1 Å². The Bertz CT molecular complexity index is 366. The van der Waals surface area contributed by atoms with Crippen LogP contribution in [-0.2, 0) is 9.53 Å². The van der Waals surface area contributed by atoms with Gasteiger partial charge < -0.3 is 10.5 Å². The van der Waals surface area contributed by atoms with E-state index in [-0.39, 0.29) is 18.4 Å². The summed E-state index contributed by atoms with van der Waals surface area (Å²) in [6.07, 6.45) is 0.200. The highest BCUT2D eigenvalue weighted by Crippen LogP contribution is 2.22. The van der Waals surface area contributed by atoms with Crippen LogP contribution in [0.1, 0.15) is 23.6 Å². The standard InChI is InChI=1S/C11H14BrNO2/c1-7-3-4-8(5-9(7)12)10(13)6-11(14)15-2/h3-5,10H,6,13H2,1-2H3. The maximum atomic E-state index is 11.0. The minimum atomic E-state index is -0.311. The van der Waals surface area contributed by atoms with Crippen LogP contribution in [0, 0.1) is 6.92 Å². The van der Waals surface area contributed by atoms with Gasteiger partial charge in [-0.25, -0.2) is 0 Å². The molecule has 0 amide bonds. The molecule has 0 spiro atoms. The number of benzene rings is 1. The second-order valence-electron chi connectivity index (χ2n) is 3.40. The number of hydrogen-bond donors (Lipinski definition) is 1.